The van der Waals surface area contributed by atoms with Crippen molar-refractivity contribution in [2.45, 2.75) is 58.0 Å². The predicted octanol–water partition coefficient (Wildman–Crippen LogP) is 2.28. The van der Waals surface area contributed by atoms with Crippen LogP contribution in [0.2, 0.25) is 0 Å². The molecular formula is C20H39N3O. The van der Waals surface area contributed by atoms with Crippen LogP contribution >= 0.6 is 0 Å². The van der Waals surface area contributed by atoms with Crippen LogP contribution in [-0.2, 0) is 0 Å². The van der Waals surface area contributed by atoms with Crippen LogP contribution in [0.25, 0.3) is 0 Å². The first-order chi connectivity index (χ1) is 11.7. The summed E-state index contributed by atoms with van der Waals surface area (Å²) in [6.07, 6.45) is 9.68. The molecule has 2 aliphatic heterocycles. The molecule has 0 aromatic carbocycles. The third-order valence-electron chi connectivity index (χ3n) is 6.52. The van der Waals surface area contributed by atoms with Crippen molar-refractivity contribution in [3.8, 4) is 0 Å². The zero-order chi connectivity index (χ0) is 16.8. The molecule has 2 saturated heterocycles. The van der Waals surface area contributed by atoms with Crippen molar-refractivity contribution >= 4 is 0 Å². The number of aliphatic hydroxyl groups is 1. The van der Waals surface area contributed by atoms with Gasteiger partial charge in [0.25, 0.3) is 0 Å². The van der Waals surface area contributed by atoms with E-state index < -0.39 is 0 Å². The summed E-state index contributed by atoms with van der Waals surface area (Å²) in [4.78, 5) is 7.61. The Bertz CT molecular complexity index is 343. The van der Waals surface area contributed by atoms with E-state index in [9.17, 15) is 5.11 Å². The number of nitrogens with zero attached hydrogens (tertiary/aromatic N) is 3. The van der Waals surface area contributed by atoms with Crippen LogP contribution in [0.1, 0.15) is 51.9 Å². The van der Waals surface area contributed by atoms with Gasteiger partial charge in [0.15, 0.2) is 0 Å². The molecule has 1 N–H and O–H groups in total. The zero-order valence-electron chi connectivity index (χ0n) is 15.8. The molecule has 1 saturated carbocycles. The van der Waals surface area contributed by atoms with Crippen LogP contribution in [0.15, 0.2) is 0 Å². The Labute approximate surface area is 149 Å². The standard InChI is InChI=1S/C20H39N3O/c1-18-7-9-21(10-8-18)16-20(24)17-23-13-11-22(12-14-23)15-19-5-3-2-4-6-19/h18-20,24H,2-17H2,1H3. The van der Waals surface area contributed by atoms with Gasteiger partial charge < -0.3 is 14.9 Å². The number of rotatable bonds is 6. The van der Waals surface area contributed by atoms with Crippen molar-refractivity contribution in [3.05, 3.63) is 0 Å². The van der Waals surface area contributed by atoms with Gasteiger partial charge in [0, 0.05) is 45.8 Å². The van der Waals surface area contributed by atoms with Crippen LogP contribution < -0.4 is 0 Å². The number of β-amino-alcohol motifs (C(OH)–C–C–N with tert-alkyl or cyclic N) is 1. The van der Waals surface area contributed by atoms with E-state index in [-0.39, 0.29) is 6.10 Å². The van der Waals surface area contributed by atoms with Gasteiger partial charge >= 0.3 is 0 Å². The van der Waals surface area contributed by atoms with E-state index in [1.165, 1.54) is 77.7 Å². The Morgan fingerprint density at radius 2 is 1.29 bits per heavy atom. The van der Waals surface area contributed by atoms with Gasteiger partial charge in [-0.3, -0.25) is 4.90 Å². The lowest BCUT2D eigenvalue weighted by atomic mass is 9.89. The van der Waals surface area contributed by atoms with E-state index in [0.29, 0.717) is 0 Å². The van der Waals surface area contributed by atoms with Crippen molar-refractivity contribution in [2.75, 3.05) is 58.9 Å². The van der Waals surface area contributed by atoms with Crippen LogP contribution in [0.3, 0.4) is 0 Å². The molecule has 140 valence electrons. The molecule has 3 aliphatic rings. The summed E-state index contributed by atoms with van der Waals surface area (Å²) in [5.41, 5.74) is 0. The third kappa shape index (κ3) is 5.98. The van der Waals surface area contributed by atoms with Gasteiger partial charge in [-0.1, -0.05) is 26.2 Å². The molecule has 0 radical (unpaired) electrons. The molecule has 24 heavy (non-hydrogen) atoms. The third-order valence-corrected chi connectivity index (χ3v) is 6.52. The minimum absolute atomic E-state index is 0.177. The summed E-state index contributed by atoms with van der Waals surface area (Å²) < 4.78 is 0. The predicted molar refractivity (Wildman–Crippen MR) is 100 cm³/mol. The second kappa shape index (κ2) is 9.51. The molecule has 4 nitrogen and oxygen atoms in total. The molecule has 0 spiro atoms. The maximum absolute atomic E-state index is 10.4. The van der Waals surface area contributed by atoms with Crippen LogP contribution in [0.5, 0.6) is 0 Å². The first-order valence-electron chi connectivity index (χ1n) is 10.5. The molecule has 4 heteroatoms. The number of hydrogen-bond acceptors (Lipinski definition) is 4. The molecule has 3 rings (SSSR count). The van der Waals surface area contributed by atoms with E-state index in [4.69, 9.17) is 0 Å². The number of piperidine rings is 1. The normalized spacial score (nSPS) is 28.2. The van der Waals surface area contributed by atoms with Gasteiger partial charge in [0.2, 0.25) is 0 Å². The lowest BCUT2D eigenvalue weighted by Crippen LogP contribution is -2.51. The highest BCUT2D eigenvalue weighted by Crippen LogP contribution is 2.24. The monoisotopic (exact) mass is 337 g/mol. The second-order valence-corrected chi connectivity index (χ2v) is 8.74. The van der Waals surface area contributed by atoms with E-state index >= 15 is 0 Å². The summed E-state index contributed by atoms with van der Waals surface area (Å²) in [5.74, 6) is 1.83. The number of aliphatic hydroxyl groups excluding tert-OH is 1. The molecular weight excluding hydrogens is 298 g/mol. The van der Waals surface area contributed by atoms with E-state index in [1.807, 2.05) is 0 Å². The van der Waals surface area contributed by atoms with E-state index in [1.54, 1.807) is 0 Å². The average Bonchev–Trinajstić information content (AvgIpc) is 2.60. The molecule has 3 fully saturated rings. The van der Waals surface area contributed by atoms with Crippen LogP contribution in [-0.4, -0.2) is 84.8 Å². The topological polar surface area (TPSA) is 30.0 Å². The van der Waals surface area contributed by atoms with E-state index in [2.05, 4.69) is 21.6 Å². The van der Waals surface area contributed by atoms with Crippen molar-refractivity contribution < 1.29 is 5.11 Å². The molecule has 1 aliphatic carbocycles. The highest BCUT2D eigenvalue weighted by Gasteiger charge is 2.24. The zero-order valence-corrected chi connectivity index (χ0v) is 15.8. The molecule has 2 heterocycles. The van der Waals surface area contributed by atoms with Crippen LogP contribution in [0.4, 0.5) is 0 Å². The minimum atomic E-state index is -0.177. The van der Waals surface area contributed by atoms with Gasteiger partial charge in [-0.15, -0.1) is 0 Å². The summed E-state index contributed by atoms with van der Waals surface area (Å²) in [6, 6.07) is 0. The van der Waals surface area contributed by atoms with Gasteiger partial charge in [-0.05, 0) is 50.6 Å². The summed E-state index contributed by atoms with van der Waals surface area (Å²) in [6.45, 7) is 12.4. The first-order valence-corrected chi connectivity index (χ1v) is 10.5. The van der Waals surface area contributed by atoms with E-state index in [0.717, 1.165) is 38.0 Å². The van der Waals surface area contributed by atoms with Crippen molar-refractivity contribution in [3.63, 3.8) is 0 Å². The molecule has 0 aromatic rings. The minimum Gasteiger partial charge on any atom is -0.390 e. The maximum Gasteiger partial charge on any atom is 0.0793 e. The van der Waals surface area contributed by atoms with Crippen molar-refractivity contribution in [1.29, 1.82) is 0 Å². The Hall–Kier alpha value is -0.160. The largest absolute Gasteiger partial charge is 0.390 e. The van der Waals surface area contributed by atoms with Gasteiger partial charge in [0.1, 0.15) is 0 Å². The average molecular weight is 338 g/mol. The van der Waals surface area contributed by atoms with Gasteiger partial charge in [0.05, 0.1) is 6.10 Å². The highest BCUT2D eigenvalue weighted by molar-refractivity contribution is 4.79. The Kier molecular flexibility index (Phi) is 7.38. The first kappa shape index (κ1) is 18.6. The Balaban J connectivity index is 1.30. The van der Waals surface area contributed by atoms with Crippen molar-refractivity contribution in [2.24, 2.45) is 11.8 Å². The lowest BCUT2D eigenvalue weighted by molar-refractivity contribution is 0.0390. The lowest BCUT2D eigenvalue weighted by Gasteiger charge is -2.38. The van der Waals surface area contributed by atoms with Gasteiger partial charge in [-0.25, -0.2) is 0 Å². The summed E-state index contributed by atoms with van der Waals surface area (Å²) >= 11 is 0. The fourth-order valence-electron chi connectivity index (χ4n) is 4.79. The molecule has 0 amide bonds. The molecule has 0 aromatic heterocycles. The summed E-state index contributed by atoms with van der Waals surface area (Å²) in [7, 11) is 0. The Morgan fingerprint density at radius 3 is 1.92 bits per heavy atom. The molecule has 1 atom stereocenters. The SMILES string of the molecule is CC1CCN(CC(O)CN2CCN(CC3CCCCC3)CC2)CC1. The number of likely N-dealkylation sites (tertiary alicyclic amines) is 1. The number of piperazine rings is 1. The quantitative estimate of drug-likeness (QED) is 0.805. The fraction of sp³-hybridized carbons (Fsp3) is 1.00. The summed E-state index contributed by atoms with van der Waals surface area (Å²) in [5, 5.41) is 10.4. The fourth-order valence-corrected chi connectivity index (χ4v) is 4.79. The highest BCUT2D eigenvalue weighted by atomic mass is 16.3. The number of hydrogen-bond donors (Lipinski definition) is 1. The molecule has 0 bridgehead atoms. The second-order valence-electron chi connectivity index (χ2n) is 8.74. The van der Waals surface area contributed by atoms with Gasteiger partial charge in [-0.2, -0.15) is 0 Å². The maximum atomic E-state index is 10.4. The smallest absolute Gasteiger partial charge is 0.0793 e. The molecule has 1 unspecified atom stereocenters. The van der Waals surface area contributed by atoms with Crippen molar-refractivity contribution in [1.82, 2.24) is 14.7 Å². The van der Waals surface area contributed by atoms with Crippen LogP contribution in [0, 0.1) is 11.8 Å². The Morgan fingerprint density at radius 1 is 0.750 bits per heavy atom.